The summed E-state index contributed by atoms with van der Waals surface area (Å²) in [4.78, 5) is 14.2. The second-order valence-corrected chi connectivity index (χ2v) is 12.3. The summed E-state index contributed by atoms with van der Waals surface area (Å²) in [6.07, 6.45) is 0. The average molecular weight is 529 g/mol. The molecule has 0 saturated carbocycles. The molecule has 0 aromatic rings. The highest BCUT2D eigenvalue weighted by molar-refractivity contribution is 9.39. The normalized spacial score (nSPS) is 25.0. The van der Waals surface area contributed by atoms with Crippen LogP contribution in [-0.2, 0) is 0 Å². The van der Waals surface area contributed by atoms with Gasteiger partial charge in [-0.25, -0.2) is 0 Å². The molecule has 11 heteroatoms. The Morgan fingerprint density at radius 1 is 0.947 bits per heavy atom. The van der Waals surface area contributed by atoms with E-state index in [1.54, 1.807) is 0 Å². The molecule has 3 saturated heterocycles. The Hall–Kier alpha value is 1.63. The lowest BCUT2D eigenvalue weighted by Gasteiger charge is -2.41. The lowest BCUT2D eigenvalue weighted by atomic mass is 10.2. The first kappa shape index (κ1) is 20.6. The summed E-state index contributed by atoms with van der Waals surface area (Å²) in [6.45, 7) is 7.92. The van der Waals surface area contributed by atoms with Crippen LogP contribution in [0.15, 0.2) is 0 Å². The van der Waals surface area contributed by atoms with Crippen molar-refractivity contribution in [2.75, 3.05) is 39.3 Å². The lowest BCUT2D eigenvalue weighted by molar-refractivity contribution is -0.476. The van der Waals surface area contributed by atoms with Gasteiger partial charge >= 0.3 is 2.27 Å². The molecule has 2 bridgehead atoms. The topological polar surface area (TPSA) is 49.6 Å². The van der Waals surface area contributed by atoms with Crippen molar-refractivity contribution in [2.45, 2.75) is 6.56 Å². The van der Waals surface area contributed by atoms with Gasteiger partial charge in [0.15, 0.2) is 4.30 Å². The molecular weight excluding hydrogens is 516 g/mol. The molecular formula is C8H13Br3Cl3N3O2. The Kier molecular flexibility index (Phi) is 11.3. The fourth-order valence-corrected chi connectivity index (χ4v) is 1.52. The van der Waals surface area contributed by atoms with E-state index in [0.29, 0.717) is 0 Å². The first-order valence-corrected chi connectivity index (χ1v) is 8.90. The molecule has 3 heterocycles. The zero-order valence-corrected chi connectivity index (χ0v) is 16.8. The van der Waals surface area contributed by atoms with E-state index in [0.717, 1.165) is 0 Å². The van der Waals surface area contributed by atoms with E-state index >= 15 is 0 Å². The molecule has 0 aliphatic carbocycles. The average Bonchev–Trinajstić information content (AvgIpc) is 2.30. The van der Waals surface area contributed by atoms with Gasteiger partial charge in [0.25, 0.3) is 0 Å². The summed E-state index contributed by atoms with van der Waals surface area (Å²) in [7, 11) is 0. The fourth-order valence-electron chi connectivity index (χ4n) is 1.52. The van der Waals surface area contributed by atoms with Crippen LogP contribution in [0.5, 0.6) is 0 Å². The minimum Gasteiger partial charge on any atom is -0.300 e. The molecule has 3 fully saturated rings. The van der Waals surface area contributed by atoms with Crippen molar-refractivity contribution in [3.63, 3.8) is 0 Å². The van der Waals surface area contributed by atoms with Crippen molar-refractivity contribution in [3.05, 3.63) is 10.1 Å². The molecule has 5 nitrogen and oxygen atoms in total. The third kappa shape index (κ3) is 11.9. The number of hydrogen-bond acceptors (Lipinski definition) is 4. The zero-order valence-electron chi connectivity index (χ0n) is 9.75. The van der Waals surface area contributed by atoms with Gasteiger partial charge in [0.1, 0.15) is 0 Å². The summed E-state index contributed by atoms with van der Waals surface area (Å²) >= 11 is 22.4. The Morgan fingerprint density at radius 2 is 1.11 bits per heavy atom. The van der Waals surface area contributed by atoms with Crippen LogP contribution in [0.4, 0.5) is 0 Å². The van der Waals surface area contributed by atoms with Crippen LogP contribution in [0.25, 0.3) is 0 Å². The summed E-state index contributed by atoms with van der Waals surface area (Å²) in [5, 5.41) is 9.69. The predicted octanol–water partition coefficient (Wildman–Crippen LogP) is 3.66. The van der Waals surface area contributed by atoms with Gasteiger partial charge in [-0.3, -0.25) is 19.9 Å². The molecule has 0 aromatic heterocycles. The third-order valence-electron chi connectivity index (χ3n) is 2.40. The van der Waals surface area contributed by atoms with Crippen LogP contribution in [0.3, 0.4) is 0 Å². The molecule has 3 rings (SSSR count). The maximum Gasteiger partial charge on any atom is 0.379 e. The van der Waals surface area contributed by atoms with Gasteiger partial charge in [-0.05, 0) is 0 Å². The van der Waals surface area contributed by atoms with E-state index in [-0.39, 0.29) is 0 Å². The van der Waals surface area contributed by atoms with Gasteiger partial charge in [0, 0.05) is 87.1 Å². The van der Waals surface area contributed by atoms with E-state index in [1.807, 2.05) is 0 Å². The highest BCUT2D eigenvalue weighted by atomic mass is 80.0. The molecule has 0 aromatic carbocycles. The van der Waals surface area contributed by atoms with Crippen molar-refractivity contribution >= 4 is 82.6 Å². The first-order chi connectivity index (χ1) is 8.62. The molecule has 0 amide bonds. The minimum absolute atomic E-state index is 0.563. The second-order valence-electron chi connectivity index (χ2n) is 3.66. The minimum atomic E-state index is -1.34. The van der Waals surface area contributed by atoms with E-state index < -0.39 is 11.5 Å². The van der Waals surface area contributed by atoms with Crippen LogP contribution in [-0.4, -0.2) is 60.6 Å². The van der Waals surface area contributed by atoms with Gasteiger partial charge in [-0.1, -0.05) is 34.8 Å². The van der Waals surface area contributed by atoms with Crippen LogP contribution < -0.4 is 0 Å². The number of alkyl halides is 6. The van der Waals surface area contributed by atoms with Crippen LogP contribution in [0.2, 0.25) is 0 Å². The largest absolute Gasteiger partial charge is 0.379 e. The van der Waals surface area contributed by atoms with Crippen molar-refractivity contribution in [3.8, 4) is 0 Å². The molecule has 3 aliphatic heterocycles. The Labute approximate surface area is 152 Å². The van der Waals surface area contributed by atoms with Crippen LogP contribution in [0.1, 0.15) is 0 Å². The lowest BCUT2D eigenvalue weighted by Crippen LogP contribution is -2.55. The fraction of sp³-hybridized carbons (Fsp3) is 1.00. The van der Waals surface area contributed by atoms with Gasteiger partial charge in [-0.15, -0.1) is 0 Å². The molecule has 0 unspecified atom stereocenters. The van der Waals surface area contributed by atoms with Gasteiger partial charge in [-0.2, -0.15) is 0 Å². The molecule has 0 atom stereocenters. The predicted molar refractivity (Wildman–Crippen MR) is 90.7 cm³/mol. The summed E-state index contributed by atoms with van der Waals surface area (Å²) in [6, 6.07) is 0. The maximum absolute atomic E-state index is 9.69. The SMILES string of the molecule is C1CN2CCN1CC2.ClC(Cl)Cl.O=[N+]([O-])C(Br)(Br)Br. The van der Waals surface area contributed by atoms with E-state index in [1.165, 1.54) is 39.3 Å². The molecule has 0 spiro atoms. The number of hydrogen-bond donors (Lipinski definition) is 0. The monoisotopic (exact) mass is 525 g/mol. The molecule has 0 N–H and O–H groups in total. The first-order valence-electron chi connectivity index (χ1n) is 5.21. The summed E-state index contributed by atoms with van der Waals surface area (Å²) in [5.41, 5.74) is 0. The molecule has 3 aliphatic rings. The van der Waals surface area contributed by atoms with Crippen LogP contribution >= 0.6 is 82.6 Å². The summed E-state index contributed by atoms with van der Waals surface area (Å²) in [5.74, 6) is 0. The summed E-state index contributed by atoms with van der Waals surface area (Å²) < 4.78 is -2.09. The molecule has 0 radical (unpaired) electrons. The van der Waals surface area contributed by atoms with E-state index in [4.69, 9.17) is 34.8 Å². The van der Waals surface area contributed by atoms with Gasteiger partial charge in [0.05, 0.1) is 4.92 Å². The maximum atomic E-state index is 9.69. The van der Waals surface area contributed by atoms with Crippen LogP contribution in [0, 0.1) is 10.1 Å². The quantitative estimate of drug-likeness (QED) is 0.208. The van der Waals surface area contributed by atoms with E-state index in [9.17, 15) is 10.1 Å². The standard InChI is InChI=1S/C6H12N2.CBr3NO2.CHCl3/c1-2-8-5-3-7(1)4-6-8;2-1(3,4)5(6)7;2-1(3)4/h1-6H2;;1H. The van der Waals surface area contributed by atoms with Gasteiger partial charge in [0.2, 0.25) is 0 Å². The third-order valence-corrected chi connectivity index (χ3v) is 3.27. The molecule has 114 valence electrons. The van der Waals surface area contributed by atoms with Gasteiger partial charge < -0.3 is 0 Å². The van der Waals surface area contributed by atoms with Crippen molar-refractivity contribution in [1.29, 1.82) is 0 Å². The number of nitro groups is 1. The Morgan fingerprint density at radius 3 is 1.16 bits per heavy atom. The van der Waals surface area contributed by atoms with Crippen molar-refractivity contribution < 1.29 is 4.92 Å². The zero-order chi connectivity index (χ0) is 15.1. The Bertz CT molecular complexity index is 248. The second kappa shape index (κ2) is 10.4. The van der Waals surface area contributed by atoms with E-state index in [2.05, 4.69) is 57.6 Å². The number of halogens is 6. The number of piperazine rings is 3. The highest BCUT2D eigenvalue weighted by Crippen LogP contribution is 2.33. The number of rotatable bonds is 0. The Balaban J connectivity index is 0.000000273. The van der Waals surface area contributed by atoms with Crippen molar-refractivity contribution in [2.24, 2.45) is 0 Å². The number of fused-ring (bicyclic) bond motifs is 3. The smallest absolute Gasteiger partial charge is 0.300 e. The molecule has 19 heavy (non-hydrogen) atoms. The highest BCUT2D eigenvalue weighted by Gasteiger charge is 2.30. The van der Waals surface area contributed by atoms with Crippen molar-refractivity contribution in [1.82, 2.24) is 9.80 Å². The number of nitrogens with zero attached hydrogens (tertiary/aromatic N) is 3.